The van der Waals surface area contributed by atoms with Crippen LogP contribution in [-0.2, 0) is 4.74 Å². The highest BCUT2D eigenvalue weighted by Crippen LogP contribution is 2.44. The van der Waals surface area contributed by atoms with E-state index in [0.717, 1.165) is 12.0 Å². The zero-order valence-corrected chi connectivity index (χ0v) is 11.2. The molecule has 0 aromatic heterocycles. The van der Waals surface area contributed by atoms with E-state index in [1.807, 2.05) is 6.07 Å². The first-order chi connectivity index (χ1) is 8.72. The second kappa shape index (κ2) is 5.78. The van der Waals surface area contributed by atoms with Crippen LogP contribution in [-0.4, -0.2) is 32.5 Å². The summed E-state index contributed by atoms with van der Waals surface area (Å²) in [4.78, 5) is 0. The normalized spacial score (nSPS) is 23.1. The molecule has 1 fully saturated rings. The van der Waals surface area contributed by atoms with Crippen LogP contribution in [0.3, 0.4) is 0 Å². The van der Waals surface area contributed by atoms with Crippen molar-refractivity contribution < 1.29 is 19.3 Å². The van der Waals surface area contributed by atoms with Crippen LogP contribution in [0.2, 0.25) is 5.02 Å². The molecule has 0 spiro atoms. The Balaban J connectivity index is 2.39. The van der Waals surface area contributed by atoms with E-state index in [-0.39, 0.29) is 18.6 Å². The third-order valence-corrected chi connectivity index (χ3v) is 3.66. The highest BCUT2D eigenvalue weighted by molar-refractivity contribution is 6.33. The molecule has 100 valence electrons. The van der Waals surface area contributed by atoms with Crippen LogP contribution in [0, 0.1) is 5.92 Å². The summed E-state index contributed by atoms with van der Waals surface area (Å²) in [6, 6.07) is 3.67. The number of hydrogen-bond acceptors (Lipinski definition) is 4. The van der Waals surface area contributed by atoms with Crippen LogP contribution >= 0.6 is 11.6 Å². The van der Waals surface area contributed by atoms with E-state index < -0.39 is 0 Å². The van der Waals surface area contributed by atoms with Gasteiger partial charge in [0, 0.05) is 24.7 Å². The third kappa shape index (κ3) is 2.28. The molecule has 2 unspecified atom stereocenters. The summed E-state index contributed by atoms with van der Waals surface area (Å²) in [6.45, 7) is 0.732. The molecule has 0 bridgehead atoms. The average molecular weight is 273 g/mol. The van der Waals surface area contributed by atoms with Gasteiger partial charge in [-0.3, -0.25) is 0 Å². The topological polar surface area (TPSA) is 47.9 Å². The molecular formula is C13H17ClO4. The lowest BCUT2D eigenvalue weighted by Crippen LogP contribution is -2.12. The van der Waals surface area contributed by atoms with E-state index in [4.69, 9.17) is 25.8 Å². The molecule has 2 atom stereocenters. The fourth-order valence-corrected chi connectivity index (χ4v) is 2.63. The van der Waals surface area contributed by atoms with Crippen molar-refractivity contribution in [3.05, 3.63) is 22.7 Å². The molecule has 1 aromatic rings. The first kappa shape index (κ1) is 13.5. The van der Waals surface area contributed by atoms with E-state index in [9.17, 15) is 5.11 Å². The van der Waals surface area contributed by atoms with E-state index in [1.54, 1.807) is 20.3 Å². The van der Waals surface area contributed by atoms with Crippen molar-refractivity contribution in [3.63, 3.8) is 0 Å². The van der Waals surface area contributed by atoms with Crippen LogP contribution in [0.4, 0.5) is 0 Å². The van der Waals surface area contributed by atoms with Crippen LogP contribution in [0.5, 0.6) is 11.5 Å². The smallest absolute Gasteiger partial charge is 0.179 e. The number of aliphatic hydroxyl groups is 1. The summed E-state index contributed by atoms with van der Waals surface area (Å²) < 4.78 is 16.1. The number of ether oxygens (including phenoxy) is 3. The molecule has 2 rings (SSSR count). The van der Waals surface area contributed by atoms with Gasteiger partial charge >= 0.3 is 0 Å². The SMILES string of the molecule is COc1ccc(C2OCCC2CO)c(Cl)c1OC. The Morgan fingerprint density at radius 2 is 2.17 bits per heavy atom. The molecule has 0 radical (unpaired) electrons. The summed E-state index contributed by atoms with van der Waals surface area (Å²) in [6.07, 6.45) is 0.661. The molecule has 0 amide bonds. The van der Waals surface area contributed by atoms with Gasteiger partial charge in [0.2, 0.25) is 0 Å². The lowest BCUT2D eigenvalue weighted by molar-refractivity contribution is 0.0719. The fourth-order valence-electron chi connectivity index (χ4n) is 2.29. The van der Waals surface area contributed by atoms with Crippen LogP contribution in [0.1, 0.15) is 18.1 Å². The molecule has 1 heterocycles. The number of methoxy groups -OCH3 is 2. The van der Waals surface area contributed by atoms with Crippen molar-refractivity contribution >= 4 is 11.6 Å². The van der Waals surface area contributed by atoms with Gasteiger partial charge in [-0.2, -0.15) is 0 Å². The fraction of sp³-hybridized carbons (Fsp3) is 0.538. The largest absolute Gasteiger partial charge is 0.493 e. The Morgan fingerprint density at radius 3 is 2.78 bits per heavy atom. The molecule has 0 saturated carbocycles. The molecule has 18 heavy (non-hydrogen) atoms. The van der Waals surface area contributed by atoms with Gasteiger partial charge in [0.05, 0.1) is 25.3 Å². The zero-order chi connectivity index (χ0) is 13.1. The molecule has 1 aromatic carbocycles. The lowest BCUT2D eigenvalue weighted by Gasteiger charge is -2.20. The molecule has 1 N–H and O–H groups in total. The number of halogens is 1. The first-order valence-electron chi connectivity index (χ1n) is 5.85. The monoisotopic (exact) mass is 272 g/mol. The van der Waals surface area contributed by atoms with Gasteiger partial charge in [-0.15, -0.1) is 0 Å². The summed E-state index contributed by atoms with van der Waals surface area (Å²) in [5, 5.41) is 9.83. The van der Waals surface area contributed by atoms with Gasteiger partial charge in [0.1, 0.15) is 0 Å². The maximum atomic E-state index is 9.34. The molecule has 5 heteroatoms. The Morgan fingerprint density at radius 1 is 1.39 bits per heavy atom. The van der Waals surface area contributed by atoms with Crippen molar-refractivity contribution in [2.45, 2.75) is 12.5 Å². The Labute approximate surface area is 111 Å². The van der Waals surface area contributed by atoms with E-state index in [0.29, 0.717) is 23.1 Å². The molecule has 1 aliphatic rings. The number of hydrogen-bond donors (Lipinski definition) is 1. The third-order valence-electron chi connectivity index (χ3n) is 3.27. The Kier molecular flexibility index (Phi) is 4.32. The van der Waals surface area contributed by atoms with Crippen LogP contribution < -0.4 is 9.47 Å². The maximum Gasteiger partial charge on any atom is 0.179 e. The van der Waals surface area contributed by atoms with Gasteiger partial charge < -0.3 is 19.3 Å². The standard InChI is InChI=1S/C13H17ClO4/c1-16-10-4-3-9(11(14)13(10)17-2)12-8(7-15)5-6-18-12/h3-4,8,12,15H,5-7H2,1-2H3. The van der Waals surface area contributed by atoms with Crippen LogP contribution in [0.25, 0.3) is 0 Å². The molecule has 1 saturated heterocycles. The molecule has 0 aliphatic carbocycles. The van der Waals surface area contributed by atoms with E-state index in [1.165, 1.54) is 0 Å². The minimum absolute atomic E-state index is 0.0839. The van der Waals surface area contributed by atoms with Gasteiger partial charge in [-0.05, 0) is 12.5 Å². The van der Waals surface area contributed by atoms with Crippen molar-refractivity contribution in [2.24, 2.45) is 5.92 Å². The summed E-state index contributed by atoms with van der Waals surface area (Å²) >= 11 is 6.33. The average Bonchev–Trinajstić information content (AvgIpc) is 2.86. The summed E-state index contributed by atoms with van der Waals surface area (Å²) in [5.41, 5.74) is 0.839. The van der Waals surface area contributed by atoms with Crippen molar-refractivity contribution in [1.29, 1.82) is 0 Å². The Hall–Kier alpha value is -0.970. The minimum Gasteiger partial charge on any atom is -0.493 e. The maximum absolute atomic E-state index is 9.34. The second-order valence-electron chi connectivity index (χ2n) is 4.23. The van der Waals surface area contributed by atoms with Crippen molar-refractivity contribution in [2.75, 3.05) is 27.4 Å². The van der Waals surface area contributed by atoms with E-state index in [2.05, 4.69) is 0 Å². The highest BCUT2D eigenvalue weighted by Gasteiger charge is 2.32. The van der Waals surface area contributed by atoms with Gasteiger partial charge in [0.15, 0.2) is 11.5 Å². The Bertz CT molecular complexity index is 422. The van der Waals surface area contributed by atoms with E-state index >= 15 is 0 Å². The predicted molar refractivity (Wildman–Crippen MR) is 68.4 cm³/mol. The molecule has 4 nitrogen and oxygen atoms in total. The minimum atomic E-state index is -0.178. The quantitative estimate of drug-likeness (QED) is 0.915. The number of rotatable bonds is 4. The summed E-state index contributed by atoms with van der Waals surface area (Å²) in [7, 11) is 3.11. The second-order valence-corrected chi connectivity index (χ2v) is 4.60. The summed E-state index contributed by atoms with van der Waals surface area (Å²) in [5.74, 6) is 1.18. The predicted octanol–water partition coefficient (Wildman–Crippen LogP) is 2.43. The number of benzene rings is 1. The highest BCUT2D eigenvalue weighted by atomic mass is 35.5. The van der Waals surface area contributed by atoms with Crippen molar-refractivity contribution in [3.8, 4) is 11.5 Å². The van der Waals surface area contributed by atoms with Gasteiger partial charge in [0.25, 0.3) is 0 Å². The molecular weight excluding hydrogens is 256 g/mol. The van der Waals surface area contributed by atoms with Gasteiger partial charge in [-0.25, -0.2) is 0 Å². The lowest BCUT2D eigenvalue weighted by atomic mass is 9.96. The first-order valence-corrected chi connectivity index (χ1v) is 6.23. The zero-order valence-electron chi connectivity index (χ0n) is 10.5. The number of aliphatic hydroxyl groups excluding tert-OH is 1. The molecule has 1 aliphatic heterocycles. The van der Waals surface area contributed by atoms with Crippen LogP contribution in [0.15, 0.2) is 12.1 Å². The van der Waals surface area contributed by atoms with Crippen molar-refractivity contribution in [1.82, 2.24) is 0 Å². The van der Waals surface area contributed by atoms with Gasteiger partial charge in [-0.1, -0.05) is 17.7 Å².